The molecule has 3 aromatic rings. The second-order valence-electron chi connectivity index (χ2n) is 5.21. The number of carbonyl (C=O) groups is 1. The fourth-order valence-corrected chi connectivity index (χ4v) is 4.83. The Balaban J connectivity index is 1.69. The molecule has 2 aromatic heterocycles. The lowest BCUT2D eigenvalue weighted by Gasteiger charge is -2.05. The van der Waals surface area contributed by atoms with Crippen molar-refractivity contribution in [2.45, 2.75) is 18.4 Å². The van der Waals surface area contributed by atoms with Crippen molar-refractivity contribution in [2.24, 2.45) is 0 Å². The van der Waals surface area contributed by atoms with Crippen molar-refractivity contribution >= 4 is 38.5 Å². The van der Waals surface area contributed by atoms with Crippen LogP contribution in [0, 0.1) is 6.92 Å². The molecule has 2 heterocycles. The molecule has 0 radical (unpaired) electrons. The number of thiophene rings is 2. The first-order chi connectivity index (χ1) is 11.5. The summed E-state index contributed by atoms with van der Waals surface area (Å²) in [6.45, 7) is 2.07. The van der Waals surface area contributed by atoms with Crippen LogP contribution in [0.5, 0.6) is 0 Å². The minimum Gasteiger partial charge on any atom is -0.287 e. The zero-order valence-corrected chi connectivity index (χ0v) is 15.3. The molecule has 4 nitrogen and oxygen atoms in total. The van der Waals surface area contributed by atoms with Gasteiger partial charge in [0.15, 0.2) is 0 Å². The van der Waals surface area contributed by atoms with Crippen LogP contribution in [0.3, 0.4) is 0 Å². The molecule has 1 aromatic carbocycles. The number of aryl methyl sites for hydroxylation is 1. The maximum absolute atomic E-state index is 12.3. The van der Waals surface area contributed by atoms with E-state index in [-0.39, 0.29) is 17.2 Å². The second-order valence-corrected chi connectivity index (χ2v) is 9.09. The lowest BCUT2D eigenvalue weighted by Crippen LogP contribution is -2.22. The molecule has 0 aliphatic heterocycles. The van der Waals surface area contributed by atoms with Gasteiger partial charge in [0, 0.05) is 11.4 Å². The van der Waals surface area contributed by atoms with Crippen LogP contribution in [-0.2, 0) is 16.6 Å². The lowest BCUT2D eigenvalue weighted by molar-refractivity contribution is 0.104. The number of hydrogen-bond acceptors (Lipinski definition) is 5. The number of benzene rings is 1. The van der Waals surface area contributed by atoms with Crippen LogP contribution in [0.1, 0.15) is 25.0 Å². The minimum absolute atomic E-state index is 0.0253. The zero-order valence-electron chi connectivity index (χ0n) is 12.9. The summed E-state index contributed by atoms with van der Waals surface area (Å²) in [6.07, 6.45) is 0. The van der Waals surface area contributed by atoms with Crippen molar-refractivity contribution in [3.8, 4) is 0 Å². The van der Waals surface area contributed by atoms with Crippen molar-refractivity contribution in [3.63, 3.8) is 0 Å². The molecule has 0 unspecified atom stereocenters. The number of ketones is 1. The van der Waals surface area contributed by atoms with E-state index in [4.69, 9.17) is 0 Å². The molecule has 0 atom stereocenters. The molecular formula is C17H15NO3S3. The highest BCUT2D eigenvalue weighted by Gasteiger charge is 2.16. The fourth-order valence-electron chi connectivity index (χ4n) is 2.09. The van der Waals surface area contributed by atoms with Crippen molar-refractivity contribution < 1.29 is 13.2 Å². The summed E-state index contributed by atoms with van der Waals surface area (Å²) in [5, 5.41) is 1.86. The summed E-state index contributed by atoms with van der Waals surface area (Å²) >= 11 is 2.70. The van der Waals surface area contributed by atoms with Gasteiger partial charge in [0.2, 0.25) is 15.8 Å². The first-order valence-corrected chi connectivity index (χ1v) is 10.4. The standard InChI is InChI=1S/C17H15NO3S3/c1-12-4-7-14(8-5-12)24(20,21)18-11-13-6-9-16(23-13)17(19)15-3-2-10-22-15/h2-10,18H,11H2,1H3. The summed E-state index contributed by atoms with van der Waals surface area (Å²) in [4.78, 5) is 14.6. The third-order valence-corrected chi connectivity index (χ3v) is 6.77. The molecule has 0 saturated carbocycles. The third kappa shape index (κ3) is 3.81. The van der Waals surface area contributed by atoms with E-state index in [9.17, 15) is 13.2 Å². The highest BCUT2D eigenvalue weighted by Crippen LogP contribution is 2.22. The number of nitrogens with one attached hydrogen (secondary N) is 1. The molecule has 0 bridgehead atoms. The predicted molar refractivity (Wildman–Crippen MR) is 97.3 cm³/mol. The van der Waals surface area contributed by atoms with Crippen molar-refractivity contribution in [2.75, 3.05) is 0 Å². The summed E-state index contributed by atoms with van der Waals surface area (Å²) in [5.41, 5.74) is 1.00. The van der Waals surface area contributed by atoms with Gasteiger partial charge < -0.3 is 0 Å². The monoisotopic (exact) mass is 377 g/mol. The van der Waals surface area contributed by atoms with E-state index < -0.39 is 10.0 Å². The van der Waals surface area contributed by atoms with E-state index >= 15 is 0 Å². The van der Waals surface area contributed by atoms with Gasteiger partial charge >= 0.3 is 0 Å². The van der Waals surface area contributed by atoms with Gasteiger partial charge in [-0.05, 0) is 42.6 Å². The molecule has 3 rings (SSSR count). The molecule has 7 heteroatoms. The van der Waals surface area contributed by atoms with Crippen molar-refractivity contribution in [1.29, 1.82) is 0 Å². The number of carbonyl (C=O) groups excluding carboxylic acids is 1. The molecule has 0 saturated heterocycles. The van der Waals surface area contributed by atoms with Crippen LogP contribution in [0.15, 0.2) is 58.8 Å². The first-order valence-electron chi connectivity index (χ1n) is 7.19. The minimum atomic E-state index is -3.56. The SMILES string of the molecule is Cc1ccc(S(=O)(=O)NCc2ccc(C(=O)c3cccs3)s2)cc1. The summed E-state index contributed by atoms with van der Waals surface area (Å²) < 4.78 is 27.1. The Morgan fingerprint density at radius 2 is 1.79 bits per heavy atom. The smallest absolute Gasteiger partial charge is 0.240 e. The first kappa shape index (κ1) is 17.0. The van der Waals surface area contributed by atoms with Gasteiger partial charge in [-0.25, -0.2) is 13.1 Å². The Kier molecular flexibility index (Phi) is 4.96. The Labute approximate surface area is 148 Å². The second kappa shape index (κ2) is 6.98. The molecule has 0 fully saturated rings. The van der Waals surface area contributed by atoms with Gasteiger partial charge in [-0.3, -0.25) is 4.79 Å². The predicted octanol–water partition coefficient (Wildman–Crippen LogP) is 3.83. The lowest BCUT2D eigenvalue weighted by atomic mass is 10.2. The third-order valence-electron chi connectivity index (χ3n) is 3.40. The van der Waals surface area contributed by atoms with Gasteiger partial charge in [-0.15, -0.1) is 22.7 Å². The summed E-state index contributed by atoms with van der Waals surface area (Å²) in [5.74, 6) is -0.0253. The van der Waals surface area contributed by atoms with Crippen molar-refractivity contribution in [1.82, 2.24) is 4.72 Å². The van der Waals surface area contributed by atoms with E-state index in [0.717, 1.165) is 10.4 Å². The van der Waals surface area contributed by atoms with Crippen LogP contribution >= 0.6 is 22.7 Å². The molecule has 0 spiro atoms. The molecule has 1 N–H and O–H groups in total. The van der Waals surface area contributed by atoms with Crippen LogP contribution in [-0.4, -0.2) is 14.2 Å². The Morgan fingerprint density at radius 3 is 2.46 bits per heavy atom. The molecule has 0 amide bonds. The van der Waals surface area contributed by atoms with Crippen LogP contribution in [0.25, 0.3) is 0 Å². The number of hydrogen-bond donors (Lipinski definition) is 1. The summed E-state index contributed by atoms with van der Waals surface area (Å²) in [7, 11) is -3.56. The quantitative estimate of drug-likeness (QED) is 0.664. The van der Waals surface area contributed by atoms with E-state index in [1.807, 2.05) is 18.4 Å². The summed E-state index contributed by atoms with van der Waals surface area (Å²) in [6, 6.07) is 13.8. The highest BCUT2D eigenvalue weighted by atomic mass is 32.2. The van der Waals surface area contributed by atoms with E-state index in [1.165, 1.54) is 22.7 Å². The average molecular weight is 378 g/mol. The van der Waals surface area contributed by atoms with Gasteiger partial charge in [0.05, 0.1) is 14.6 Å². The van der Waals surface area contributed by atoms with Crippen LogP contribution in [0.2, 0.25) is 0 Å². The van der Waals surface area contributed by atoms with Gasteiger partial charge in [0.1, 0.15) is 0 Å². The number of sulfonamides is 1. The Bertz CT molecular complexity index is 939. The number of rotatable bonds is 6. The Morgan fingerprint density at radius 1 is 1.04 bits per heavy atom. The zero-order chi connectivity index (χ0) is 17.2. The Hall–Kier alpha value is -1.80. The topological polar surface area (TPSA) is 63.2 Å². The van der Waals surface area contributed by atoms with Gasteiger partial charge in [0.25, 0.3) is 0 Å². The normalized spacial score (nSPS) is 11.5. The average Bonchev–Trinajstić information content (AvgIpc) is 3.25. The molecule has 24 heavy (non-hydrogen) atoms. The maximum atomic E-state index is 12.3. The molecule has 124 valence electrons. The highest BCUT2D eigenvalue weighted by molar-refractivity contribution is 7.89. The molecular weight excluding hydrogens is 362 g/mol. The van der Waals surface area contributed by atoms with E-state index in [0.29, 0.717) is 9.75 Å². The van der Waals surface area contributed by atoms with Gasteiger partial charge in [-0.1, -0.05) is 23.8 Å². The van der Waals surface area contributed by atoms with E-state index in [2.05, 4.69) is 4.72 Å². The largest absolute Gasteiger partial charge is 0.287 e. The molecule has 0 aliphatic carbocycles. The van der Waals surface area contributed by atoms with E-state index in [1.54, 1.807) is 42.5 Å². The fraction of sp³-hybridized carbons (Fsp3) is 0.118. The maximum Gasteiger partial charge on any atom is 0.240 e. The van der Waals surface area contributed by atoms with Crippen LogP contribution in [0.4, 0.5) is 0 Å². The van der Waals surface area contributed by atoms with Crippen molar-refractivity contribution in [3.05, 3.63) is 74.1 Å². The van der Waals surface area contributed by atoms with Gasteiger partial charge in [-0.2, -0.15) is 0 Å². The molecule has 0 aliphatic rings. The van der Waals surface area contributed by atoms with Crippen LogP contribution < -0.4 is 4.72 Å².